The second kappa shape index (κ2) is 7.52. The predicted molar refractivity (Wildman–Crippen MR) is 90.7 cm³/mol. The van der Waals surface area contributed by atoms with E-state index in [1.54, 1.807) is 11.3 Å². The van der Waals surface area contributed by atoms with Crippen LogP contribution >= 0.6 is 11.3 Å². The highest BCUT2D eigenvalue weighted by Crippen LogP contribution is 2.19. The molecule has 0 amide bonds. The fourth-order valence-corrected chi connectivity index (χ4v) is 3.20. The topological polar surface area (TPSA) is 21.6 Å². The van der Waals surface area contributed by atoms with Crippen molar-refractivity contribution in [2.75, 3.05) is 6.61 Å². The van der Waals surface area contributed by atoms with Crippen molar-refractivity contribution in [1.82, 2.24) is 0 Å². The van der Waals surface area contributed by atoms with Gasteiger partial charge in [-0.05, 0) is 37.7 Å². The van der Waals surface area contributed by atoms with Crippen molar-refractivity contribution in [3.05, 3.63) is 57.8 Å². The minimum absolute atomic E-state index is 0.0912. The maximum absolute atomic E-state index is 5.88. The summed E-state index contributed by atoms with van der Waals surface area (Å²) in [6.07, 6.45) is 1.97. The van der Waals surface area contributed by atoms with Crippen LogP contribution < -0.4 is 0 Å². The Morgan fingerprint density at radius 1 is 1.20 bits per heavy atom. The van der Waals surface area contributed by atoms with Crippen molar-refractivity contribution < 1.29 is 4.43 Å². The first-order valence-electron chi connectivity index (χ1n) is 6.91. The molecule has 0 bridgehead atoms. The summed E-state index contributed by atoms with van der Waals surface area (Å²) >= 11 is 1.77. The lowest BCUT2D eigenvalue weighted by Gasteiger charge is -2.15. The summed E-state index contributed by atoms with van der Waals surface area (Å²) in [6.45, 7) is 7.17. The van der Waals surface area contributed by atoms with Gasteiger partial charge in [0.25, 0.3) is 0 Å². The van der Waals surface area contributed by atoms with Crippen LogP contribution in [0.15, 0.2) is 47.5 Å². The summed E-state index contributed by atoms with van der Waals surface area (Å²) in [5.74, 6) is 0. The quantitative estimate of drug-likeness (QED) is 0.578. The van der Waals surface area contributed by atoms with Gasteiger partial charge in [0, 0.05) is 16.0 Å². The van der Waals surface area contributed by atoms with Crippen molar-refractivity contribution in [3.63, 3.8) is 0 Å². The van der Waals surface area contributed by atoms with Crippen LogP contribution in [0.2, 0.25) is 13.1 Å². The van der Waals surface area contributed by atoms with Crippen LogP contribution in [-0.4, -0.2) is 21.9 Å². The van der Waals surface area contributed by atoms with Gasteiger partial charge in [0.2, 0.25) is 0 Å². The van der Waals surface area contributed by atoms with Gasteiger partial charge in [-0.15, -0.1) is 11.3 Å². The molecule has 0 radical (unpaired) electrons. The minimum Gasteiger partial charge on any atom is -0.418 e. The van der Waals surface area contributed by atoms with Gasteiger partial charge in [-0.2, -0.15) is 0 Å². The van der Waals surface area contributed by atoms with E-state index in [-0.39, 0.29) is 6.04 Å². The smallest absolute Gasteiger partial charge is 0.171 e. The maximum atomic E-state index is 5.88. The summed E-state index contributed by atoms with van der Waals surface area (Å²) < 4.78 is 5.88. The zero-order chi connectivity index (χ0) is 14.4. The number of thiophene rings is 1. The Kier molecular flexibility index (Phi) is 5.70. The zero-order valence-corrected chi connectivity index (χ0v) is 14.2. The molecule has 2 nitrogen and oxygen atoms in total. The molecule has 0 aliphatic carbocycles. The standard InChI is InChI=1S/C16H21NOSSi/c1-13-9-10-15(19-13)11-17-16(12-18-20(2)3)14-7-5-4-6-8-14/h4-11,16,20H,12H2,1-3H3. The first-order valence-corrected chi connectivity index (χ1v) is 10.5. The Labute approximate surface area is 126 Å². The third kappa shape index (κ3) is 4.70. The molecule has 1 aromatic heterocycles. The van der Waals surface area contributed by atoms with Crippen LogP contribution in [0.3, 0.4) is 0 Å². The summed E-state index contributed by atoms with van der Waals surface area (Å²) in [5.41, 5.74) is 1.21. The number of nitrogens with zero attached hydrogens (tertiary/aromatic N) is 1. The lowest BCUT2D eigenvalue weighted by Crippen LogP contribution is -2.14. The van der Waals surface area contributed by atoms with E-state index >= 15 is 0 Å². The van der Waals surface area contributed by atoms with Crippen LogP contribution in [0.1, 0.15) is 21.4 Å². The average molecular weight is 304 g/mol. The number of hydrogen-bond donors (Lipinski definition) is 0. The molecule has 106 valence electrons. The SMILES string of the molecule is Cc1ccc(C=NC(CO[SiH](C)C)c2ccccc2)s1. The third-order valence-electron chi connectivity index (χ3n) is 2.91. The number of hydrogen-bond acceptors (Lipinski definition) is 3. The van der Waals surface area contributed by atoms with E-state index in [0.717, 1.165) is 0 Å². The Morgan fingerprint density at radius 3 is 2.55 bits per heavy atom. The molecule has 0 saturated heterocycles. The summed E-state index contributed by atoms with van der Waals surface area (Å²) in [4.78, 5) is 7.24. The highest BCUT2D eigenvalue weighted by molar-refractivity contribution is 7.13. The Bertz CT molecular complexity index is 551. The lowest BCUT2D eigenvalue weighted by molar-refractivity contribution is 0.299. The second-order valence-electron chi connectivity index (χ2n) is 5.04. The van der Waals surface area contributed by atoms with Gasteiger partial charge in [-0.3, -0.25) is 4.99 Å². The van der Waals surface area contributed by atoms with E-state index in [9.17, 15) is 0 Å². The average Bonchev–Trinajstić information content (AvgIpc) is 2.85. The van der Waals surface area contributed by atoms with Crippen molar-refractivity contribution in [2.45, 2.75) is 26.1 Å². The normalized spacial score (nSPS) is 13.2. The van der Waals surface area contributed by atoms with Gasteiger partial charge in [-0.1, -0.05) is 30.3 Å². The van der Waals surface area contributed by atoms with E-state index in [2.05, 4.69) is 56.4 Å². The van der Waals surface area contributed by atoms with Gasteiger partial charge in [-0.25, -0.2) is 0 Å². The first-order chi connectivity index (χ1) is 9.65. The van der Waals surface area contributed by atoms with Crippen LogP contribution in [0.5, 0.6) is 0 Å². The molecule has 20 heavy (non-hydrogen) atoms. The molecule has 0 spiro atoms. The number of benzene rings is 1. The van der Waals surface area contributed by atoms with Gasteiger partial charge >= 0.3 is 0 Å². The monoisotopic (exact) mass is 303 g/mol. The van der Waals surface area contributed by atoms with Gasteiger partial charge in [0.1, 0.15) is 0 Å². The van der Waals surface area contributed by atoms with Gasteiger partial charge in [0.15, 0.2) is 9.04 Å². The third-order valence-corrected chi connectivity index (χ3v) is 4.71. The van der Waals surface area contributed by atoms with E-state index < -0.39 is 9.04 Å². The van der Waals surface area contributed by atoms with Crippen molar-refractivity contribution >= 4 is 26.6 Å². The largest absolute Gasteiger partial charge is 0.418 e. The van der Waals surface area contributed by atoms with Crippen molar-refractivity contribution in [2.24, 2.45) is 4.99 Å². The van der Waals surface area contributed by atoms with E-state index in [1.165, 1.54) is 15.3 Å². The lowest BCUT2D eigenvalue weighted by atomic mass is 10.1. The van der Waals surface area contributed by atoms with Crippen LogP contribution in [0.4, 0.5) is 0 Å². The number of rotatable bonds is 6. The molecule has 1 aromatic carbocycles. The molecule has 0 aliphatic heterocycles. The molecule has 2 aromatic rings. The van der Waals surface area contributed by atoms with Crippen LogP contribution in [0, 0.1) is 6.92 Å². The predicted octanol–water partition coefficient (Wildman–Crippen LogP) is 4.22. The van der Waals surface area contributed by atoms with Crippen molar-refractivity contribution in [1.29, 1.82) is 0 Å². The molecule has 0 aliphatic rings. The Balaban J connectivity index is 2.12. The fourth-order valence-electron chi connectivity index (χ4n) is 1.87. The molecule has 2 rings (SSSR count). The van der Waals surface area contributed by atoms with E-state index in [0.29, 0.717) is 6.61 Å². The van der Waals surface area contributed by atoms with E-state index in [1.807, 2.05) is 12.3 Å². The molecular formula is C16H21NOSSi. The van der Waals surface area contributed by atoms with Crippen molar-refractivity contribution in [3.8, 4) is 0 Å². The molecule has 1 atom stereocenters. The van der Waals surface area contributed by atoms with E-state index in [4.69, 9.17) is 9.42 Å². The van der Waals surface area contributed by atoms with Crippen LogP contribution in [0.25, 0.3) is 0 Å². The Morgan fingerprint density at radius 2 is 1.95 bits per heavy atom. The molecule has 4 heteroatoms. The first kappa shape index (κ1) is 15.2. The van der Waals surface area contributed by atoms with Gasteiger partial charge in [0.05, 0.1) is 12.6 Å². The minimum atomic E-state index is -1.02. The Hall–Kier alpha value is -1.23. The van der Waals surface area contributed by atoms with Crippen LogP contribution in [-0.2, 0) is 4.43 Å². The summed E-state index contributed by atoms with van der Waals surface area (Å²) in [6, 6.07) is 14.7. The highest BCUT2D eigenvalue weighted by Gasteiger charge is 2.10. The van der Waals surface area contributed by atoms with Gasteiger partial charge < -0.3 is 4.43 Å². The maximum Gasteiger partial charge on any atom is 0.171 e. The molecule has 0 fully saturated rings. The second-order valence-corrected chi connectivity index (χ2v) is 8.79. The highest BCUT2D eigenvalue weighted by atomic mass is 32.1. The number of aryl methyl sites for hydroxylation is 1. The molecule has 0 saturated carbocycles. The number of aliphatic imine (C=N–C) groups is 1. The zero-order valence-electron chi connectivity index (χ0n) is 12.2. The molecule has 1 heterocycles. The molecule has 0 N–H and O–H groups in total. The summed E-state index contributed by atoms with van der Waals surface area (Å²) in [7, 11) is -1.02. The fraction of sp³-hybridized carbons (Fsp3) is 0.312. The molecular weight excluding hydrogens is 282 g/mol. The molecule has 1 unspecified atom stereocenters. The summed E-state index contributed by atoms with van der Waals surface area (Å²) in [5, 5.41) is 0.